The van der Waals surface area contributed by atoms with Gasteiger partial charge in [0.15, 0.2) is 0 Å². The topological polar surface area (TPSA) is 67.1 Å². The average molecular weight is 306 g/mol. The normalized spacial score (nSPS) is 10.8. The maximum absolute atomic E-state index is 5.90. The van der Waals surface area contributed by atoms with Crippen molar-refractivity contribution in [3.05, 3.63) is 46.7 Å². The van der Waals surface area contributed by atoms with Gasteiger partial charge in [-0.3, -0.25) is 0 Å². The fourth-order valence-electron chi connectivity index (χ4n) is 1.92. The summed E-state index contributed by atoms with van der Waals surface area (Å²) >= 11 is 5.90. The number of hydrogen-bond acceptors (Lipinski definition) is 5. The number of nitrogens with two attached hydrogens (primary N) is 1. The van der Waals surface area contributed by atoms with Gasteiger partial charge in [-0.1, -0.05) is 37.6 Å². The van der Waals surface area contributed by atoms with Gasteiger partial charge in [-0.25, -0.2) is 15.8 Å². The van der Waals surface area contributed by atoms with E-state index in [4.69, 9.17) is 17.4 Å². The number of hydrazine groups is 1. The second kappa shape index (κ2) is 6.74. The van der Waals surface area contributed by atoms with Crippen LogP contribution in [0.3, 0.4) is 0 Å². The molecule has 2 rings (SSSR count). The monoisotopic (exact) mass is 305 g/mol. The Balaban J connectivity index is 2.23. The van der Waals surface area contributed by atoms with Gasteiger partial charge in [0.25, 0.3) is 0 Å². The van der Waals surface area contributed by atoms with Crippen molar-refractivity contribution in [2.75, 3.05) is 17.4 Å². The summed E-state index contributed by atoms with van der Waals surface area (Å²) in [6, 6.07) is 9.62. The Labute approximate surface area is 130 Å². The van der Waals surface area contributed by atoms with Crippen molar-refractivity contribution in [2.24, 2.45) is 5.84 Å². The predicted molar refractivity (Wildman–Crippen MR) is 87.5 cm³/mol. The zero-order valence-electron chi connectivity index (χ0n) is 12.5. The number of nitrogens with zero attached hydrogens (tertiary/aromatic N) is 3. The molecule has 0 saturated heterocycles. The van der Waals surface area contributed by atoms with Crippen molar-refractivity contribution >= 4 is 23.2 Å². The van der Waals surface area contributed by atoms with Crippen molar-refractivity contribution in [1.29, 1.82) is 0 Å². The Bertz CT molecular complexity index is 598. The smallest absolute Gasteiger partial charge is 0.145 e. The van der Waals surface area contributed by atoms with Crippen molar-refractivity contribution in [1.82, 2.24) is 9.97 Å². The molecule has 0 radical (unpaired) electrons. The Kier molecular flexibility index (Phi) is 4.98. The van der Waals surface area contributed by atoms with E-state index in [-0.39, 0.29) is 5.92 Å². The van der Waals surface area contributed by atoms with Gasteiger partial charge in [0.1, 0.15) is 17.5 Å². The molecular formula is C15H20ClN5. The van der Waals surface area contributed by atoms with Gasteiger partial charge in [0.05, 0.1) is 0 Å². The summed E-state index contributed by atoms with van der Waals surface area (Å²) in [4.78, 5) is 11.0. The SMILES string of the molecule is CC(C)c1nc(NN)cc(N(C)Cc2ccc(Cl)cc2)n1. The minimum atomic E-state index is 0.237. The molecule has 0 bridgehead atoms. The Morgan fingerprint density at radius 3 is 2.48 bits per heavy atom. The highest BCUT2D eigenvalue weighted by molar-refractivity contribution is 6.30. The molecule has 0 saturated carbocycles. The molecule has 1 aromatic carbocycles. The molecule has 0 amide bonds. The molecule has 112 valence electrons. The molecule has 0 aliphatic carbocycles. The largest absolute Gasteiger partial charge is 0.355 e. The van der Waals surface area contributed by atoms with E-state index in [0.717, 1.165) is 28.8 Å². The lowest BCUT2D eigenvalue weighted by Gasteiger charge is -2.20. The summed E-state index contributed by atoms with van der Waals surface area (Å²) < 4.78 is 0. The maximum atomic E-state index is 5.90. The van der Waals surface area contributed by atoms with Gasteiger partial charge >= 0.3 is 0 Å². The van der Waals surface area contributed by atoms with Crippen molar-refractivity contribution < 1.29 is 0 Å². The van der Waals surface area contributed by atoms with Gasteiger partial charge in [0, 0.05) is 30.6 Å². The minimum Gasteiger partial charge on any atom is -0.355 e. The number of nitrogens with one attached hydrogen (secondary N) is 1. The Morgan fingerprint density at radius 1 is 1.24 bits per heavy atom. The van der Waals surface area contributed by atoms with Crippen molar-refractivity contribution in [3.63, 3.8) is 0 Å². The zero-order chi connectivity index (χ0) is 15.4. The first-order valence-corrected chi connectivity index (χ1v) is 7.18. The molecule has 5 nitrogen and oxygen atoms in total. The molecule has 0 fully saturated rings. The fourth-order valence-corrected chi connectivity index (χ4v) is 2.05. The van der Waals surface area contributed by atoms with E-state index in [1.807, 2.05) is 37.4 Å². The second-order valence-electron chi connectivity index (χ2n) is 5.25. The predicted octanol–water partition coefficient (Wildman–Crippen LogP) is 3.18. The first-order valence-electron chi connectivity index (χ1n) is 6.80. The van der Waals surface area contributed by atoms with E-state index >= 15 is 0 Å². The van der Waals surface area contributed by atoms with Crippen LogP contribution in [0.15, 0.2) is 30.3 Å². The minimum absolute atomic E-state index is 0.237. The number of nitrogen functional groups attached to an aromatic ring is 1. The molecular weight excluding hydrogens is 286 g/mol. The van der Waals surface area contributed by atoms with Crippen LogP contribution in [-0.2, 0) is 6.54 Å². The first-order chi connectivity index (χ1) is 9.99. The molecule has 1 heterocycles. The molecule has 21 heavy (non-hydrogen) atoms. The molecule has 0 spiro atoms. The number of halogens is 1. The van der Waals surface area contributed by atoms with Gasteiger partial charge < -0.3 is 10.3 Å². The van der Waals surface area contributed by atoms with Crippen molar-refractivity contribution in [3.8, 4) is 0 Å². The van der Waals surface area contributed by atoms with Crippen LogP contribution in [0, 0.1) is 0 Å². The lowest BCUT2D eigenvalue weighted by atomic mass is 10.2. The summed E-state index contributed by atoms with van der Waals surface area (Å²) in [5.41, 5.74) is 3.75. The zero-order valence-corrected chi connectivity index (χ0v) is 13.2. The number of rotatable bonds is 5. The molecule has 0 aliphatic heterocycles. The quantitative estimate of drug-likeness (QED) is 0.656. The third kappa shape index (κ3) is 4.06. The number of aromatic nitrogens is 2. The van der Waals surface area contributed by atoms with E-state index < -0.39 is 0 Å². The van der Waals surface area contributed by atoms with E-state index in [9.17, 15) is 0 Å². The molecule has 0 atom stereocenters. The standard InChI is InChI=1S/C15H20ClN5/c1-10(2)15-18-13(20-17)8-14(19-15)21(3)9-11-4-6-12(16)7-5-11/h4-8,10H,9,17H2,1-3H3,(H,18,19,20). The van der Waals surface area contributed by atoms with Gasteiger partial charge in [-0.05, 0) is 17.7 Å². The van der Waals surface area contributed by atoms with Crippen LogP contribution >= 0.6 is 11.6 Å². The van der Waals surface area contributed by atoms with Crippen LogP contribution in [0.2, 0.25) is 5.02 Å². The third-order valence-electron chi connectivity index (χ3n) is 3.12. The van der Waals surface area contributed by atoms with E-state index in [2.05, 4.69) is 34.1 Å². The summed E-state index contributed by atoms with van der Waals surface area (Å²) in [7, 11) is 1.99. The fraction of sp³-hybridized carbons (Fsp3) is 0.333. The highest BCUT2D eigenvalue weighted by Gasteiger charge is 2.11. The third-order valence-corrected chi connectivity index (χ3v) is 3.37. The van der Waals surface area contributed by atoms with Crippen molar-refractivity contribution in [2.45, 2.75) is 26.3 Å². The lowest BCUT2D eigenvalue weighted by Crippen LogP contribution is -2.20. The van der Waals surface area contributed by atoms with Crippen LogP contribution in [0.4, 0.5) is 11.6 Å². The second-order valence-corrected chi connectivity index (χ2v) is 5.69. The molecule has 6 heteroatoms. The number of benzene rings is 1. The summed E-state index contributed by atoms with van der Waals surface area (Å²) in [5.74, 6) is 7.94. The van der Waals surface area contributed by atoms with E-state index in [1.165, 1.54) is 0 Å². The molecule has 1 aromatic heterocycles. The highest BCUT2D eigenvalue weighted by atomic mass is 35.5. The Morgan fingerprint density at radius 2 is 1.90 bits per heavy atom. The van der Waals surface area contributed by atoms with E-state index in [0.29, 0.717) is 5.82 Å². The van der Waals surface area contributed by atoms with Gasteiger partial charge in [0.2, 0.25) is 0 Å². The first kappa shape index (κ1) is 15.5. The number of anilines is 2. The Hall–Kier alpha value is -1.85. The summed E-state index contributed by atoms with van der Waals surface area (Å²) in [6.07, 6.45) is 0. The van der Waals surface area contributed by atoms with Gasteiger partial charge in [-0.15, -0.1) is 0 Å². The van der Waals surface area contributed by atoms with Gasteiger partial charge in [-0.2, -0.15) is 0 Å². The average Bonchev–Trinajstić information content (AvgIpc) is 2.49. The molecule has 3 N–H and O–H groups in total. The summed E-state index contributed by atoms with van der Waals surface area (Å²) in [5, 5.41) is 0.736. The maximum Gasteiger partial charge on any atom is 0.145 e. The lowest BCUT2D eigenvalue weighted by molar-refractivity contribution is 0.763. The van der Waals surface area contributed by atoms with Crippen LogP contribution in [0.1, 0.15) is 31.2 Å². The van der Waals surface area contributed by atoms with Crippen LogP contribution < -0.4 is 16.2 Å². The van der Waals surface area contributed by atoms with Crippen LogP contribution in [0.5, 0.6) is 0 Å². The van der Waals surface area contributed by atoms with E-state index in [1.54, 1.807) is 0 Å². The molecule has 2 aromatic rings. The molecule has 0 unspecified atom stereocenters. The number of hydrogen-bond donors (Lipinski definition) is 2. The highest BCUT2D eigenvalue weighted by Crippen LogP contribution is 2.20. The van der Waals surface area contributed by atoms with Crippen LogP contribution in [0.25, 0.3) is 0 Å². The molecule has 0 aliphatic rings. The van der Waals surface area contributed by atoms with Crippen LogP contribution in [-0.4, -0.2) is 17.0 Å². The summed E-state index contributed by atoms with van der Waals surface area (Å²) in [6.45, 7) is 4.84.